The van der Waals surface area contributed by atoms with Gasteiger partial charge >= 0.3 is 0 Å². The van der Waals surface area contributed by atoms with E-state index >= 15 is 0 Å². The molecule has 1 aliphatic heterocycles. The molecular weight excluding hydrogens is 436 g/mol. The minimum atomic E-state index is -0.146. The summed E-state index contributed by atoms with van der Waals surface area (Å²) >= 11 is 1.28. The molecule has 7 nitrogen and oxygen atoms in total. The van der Waals surface area contributed by atoms with Crippen LogP contribution >= 0.6 is 23.7 Å². The van der Waals surface area contributed by atoms with Crippen molar-refractivity contribution in [3.63, 3.8) is 0 Å². The van der Waals surface area contributed by atoms with Crippen LogP contribution < -0.4 is 15.2 Å². The van der Waals surface area contributed by atoms with Crippen molar-refractivity contribution in [2.75, 3.05) is 38.2 Å². The number of hydrogen-bond donors (Lipinski definition) is 0. The number of carbonyl (C=O) groups excluding carboxylic acids is 1. The Morgan fingerprint density at radius 3 is 2.58 bits per heavy atom. The lowest BCUT2D eigenvalue weighted by Crippen LogP contribution is -2.48. The molecule has 1 saturated heterocycles. The van der Waals surface area contributed by atoms with Gasteiger partial charge in [-0.2, -0.15) is 0 Å². The fourth-order valence-corrected chi connectivity index (χ4v) is 4.85. The molecule has 0 aliphatic carbocycles. The number of halogens is 1. The van der Waals surface area contributed by atoms with Gasteiger partial charge in [0, 0.05) is 32.4 Å². The van der Waals surface area contributed by atoms with Crippen molar-refractivity contribution in [2.24, 2.45) is 0 Å². The topological polar surface area (TPSA) is 67.2 Å². The molecule has 31 heavy (non-hydrogen) atoms. The van der Waals surface area contributed by atoms with Gasteiger partial charge in [0.15, 0.2) is 0 Å². The molecule has 0 bridgehead atoms. The molecule has 0 atom stereocenters. The molecule has 5 rings (SSSR count). The van der Waals surface area contributed by atoms with Crippen LogP contribution in [0.2, 0.25) is 0 Å². The summed E-state index contributed by atoms with van der Waals surface area (Å²) in [7, 11) is 1.67. The Bertz CT molecular complexity index is 1310. The lowest BCUT2D eigenvalue weighted by molar-refractivity contribution is 0.0751. The van der Waals surface area contributed by atoms with E-state index in [4.69, 9.17) is 4.74 Å². The first-order valence-corrected chi connectivity index (χ1v) is 10.6. The number of methoxy groups -OCH3 is 1. The highest BCUT2D eigenvalue weighted by Crippen LogP contribution is 2.29. The van der Waals surface area contributed by atoms with Gasteiger partial charge < -0.3 is 14.5 Å². The second kappa shape index (κ2) is 8.56. The van der Waals surface area contributed by atoms with Gasteiger partial charge in [0.25, 0.3) is 11.5 Å². The zero-order valence-corrected chi connectivity index (χ0v) is 18.5. The molecule has 4 heterocycles. The van der Waals surface area contributed by atoms with Crippen LogP contribution in [0.25, 0.3) is 15.9 Å². The van der Waals surface area contributed by atoms with Gasteiger partial charge in [-0.05, 0) is 30.3 Å². The molecule has 1 amide bonds. The third-order valence-electron chi connectivity index (χ3n) is 5.42. The Morgan fingerprint density at radius 2 is 1.81 bits per heavy atom. The second-order valence-electron chi connectivity index (χ2n) is 7.13. The van der Waals surface area contributed by atoms with Crippen molar-refractivity contribution in [3.05, 3.63) is 70.0 Å². The molecule has 0 radical (unpaired) electrons. The summed E-state index contributed by atoms with van der Waals surface area (Å²) in [5.74, 6) is 0.784. The van der Waals surface area contributed by atoms with Crippen LogP contribution in [-0.4, -0.2) is 53.5 Å². The molecular formula is C22H21ClN4O3S. The third-order valence-corrected chi connectivity index (χ3v) is 6.44. The van der Waals surface area contributed by atoms with E-state index in [1.807, 2.05) is 35.2 Å². The fourth-order valence-electron chi connectivity index (χ4n) is 3.85. The van der Waals surface area contributed by atoms with Crippen LogP contribution in [0.3, 0.4) is 0 Å². The first-order chi connectivity index (χ1) is 14.7. The molecule has 1 fully saturated rings. The molecule has 160 valence electrons. The highest BCUT2D eigenvalue weighted by Gasteiger charge is 2.25. The Morgan fingerprint density at radius 1 is 1.06 bits per heavy atom. The van der Waals surface area contributed by atoms with E-state index in [-0.39, 0.29) is 23.9 Å². The summed E-state index contributed by atoms with van der Waals surface area (Å²) in [6.45, 7) is 2.67. The van der Waals surface area contributed by atoms with Crippen molar-refractivity contribution < 1.29 is 9.53 Å². The number of thiophene rings is 1. The smallest absolute Gasteiger partial charge is 0.266 e. The Hall–Kier alpha value is -3.10. The highest BCUT2D eigenvalue weighted by atomic mass is 35.5. The van der Waals surface area contributed by atoms with Gasteiger partial charge in [-0.3, -0.25) is 14.0 Å². The SMILES string of the molecule is COc1ccccc1N1CCN(C(=O)c2cc3c(=O)n4ccccc4nc3s2)CC1.Cl. The summed E-state index contributed by atoms with van der Waals surface area (Å²) in [5.41, 5.74) is 1.48. The predicted octanol–water partition coefficient (Wildman–Crippen LogP) is 3.30. The molecule has 0 spiro atoms. The quantitative estimate of drug-likeness (QED) is 0.473. The molecule has 0 saturated carbocycles. The Balaban J connectivity index is 0.00000231. The average Bonchev–Trinajstić information content (AvgIpc) is 3.23. The maximum absolute atomic E-state index is 13.1. The van der Waals surface area contributed by atoms with Crippen molar-refractivity contribution in [3.8, 4) is 5.75 Å². The van der Waals surface area contributed by atoms with Crippen LogP contribution in [0.5, 0.6) is 5.75 Å². The Kier molecular flexibility index (Phi) is 5.84. The van der Waals surface area contributed by atoms with Crippen LogP contribution in [0.4, 0.5) is 5.69 Å². The largest absolute Gasteiger partial charge is 0.495 e. The second-order valence-corrected chi connectivity index (χ2v) is 8.16. The van der Waals surface area contributed by atoms with E-state index < -0.39 is 0 Å². The van der Waals surface area contributed by atoms with E-state index in [2.05, 4.69) is 9.88 Å². The lowest BCUT2D eigenvalue weighted by atomic mass is 10.2. The molecule has 1 aromatic carbocycles. The summed E-state index contributed by atoms with van der Waals surface area (Å²) < 4.78 is 6.97. The number of fused-ring (bicyclic) bond motifs is 2. The van der Waals surface area contributed by atoms with Crippen LogP contribution in [0, 0.1) is 0 Å². The van der Waals surface area contributed by atoms with E-state index in [0.29, 0.717) is 33.8 Å². The third kappa shape index (κ3) is 3.73. The summed E-state index contributed by atoms with van der Waals surface area (Å²) in [6, 6.07) is 15.0. The number of rotatable bonds is 3. The fraction of sp³-hybridized carbons (Fsp3) is 0.227. The first-order valence-electron chi connectivity index (χ1n) is 9.74. The molecule has 0 unspecified atom stereocenters. The number of carbonyl (C=O) groups is 1. The molecule has 3 aromatic heterocycles. The monoisotopic (exact) mass is 456 g/mol. The summed E-state index contributed by atoms with van der Waals surface area (Å²) in [5, 5.41) is 0.486. The number of piperazine rings is 1. The van der Waals surface area contributed by atoms with Crippen molar-refractivity contribution >= 4 is 51.2 Å². The van der Waals surface area contributed by atoms with Crippen LogP contribution in [0.15, 0.2) is 59.5 Å². The molecule has 9 heteroatoms. The van der Waals surface area contributed by atoms with Gasteiger partial charge in [0.1, 0.15) is 16.2 Å². The van der Waals surface area contributed by atoms with Gasteiger partial charge in [0.2, 0.25) is 0 Å². The Labute approximate surface area is 188 Å². The summed E-state index contributed by atoms with van der Waals surface area (Å²) in [4.78, 5) is 35.6. The number of aromatic nitrogens is 2. The number of nitrogens with zero attached hydrogens (tertiary/aromatic N) is 4. The van der Waals surface area contributed by atoms with Gasteiger partial charge in [-0.15, -0.1) is 23.7 Å². The van der Waals surface area contributed by atoms with E-state index in [9.17, 15) is 9.59 Å². The van der Waals surface area contributed by atoms with Gasteiger partial charge in [-0.25, -0.2) is 4.98 Å². The minimum Gasteiger partial charge on any atom is -0.495 e. The number of pyridine rings is 1. The van der Waals surface area contributed by atoms with Gasteiger partial charge in [-0.1, -0.05) is 18.2 Å². The van der Waals surface area contributed by atoms with E-state index in [1.165, 1.54) is 15.7 Å². The van der Waals surface area contributed by atoms with Crippen LogP contribution in [-0.2, 0) is 0 Å². The normalized spacial score (nSPS) is 14.0. The zero-order valence-electron chi connectivity index (χ0n) is 16.9. The van der Waals surface area contributed by atoms with Crippen molar-refractivity contribution in [2.45, 2.75) is 0 Å². The predicted molar refractivity (Wildman–Crippen MR) is 125 cm³/mol. The number of ether oxygens (including phenoxy) is 1. The van der Waals surface area contributed by atoms with E-state index in [0.717, 1.165) is 24.5 Å². The summed E-state index contributed by atoms with van der Waals surface area (Å²) in [6.07, 6.45) is 1.69. The average molecular weight is 457 g/mol. The standard InChI is InChI=1S/C22H20N4O3S.ClH/c1-29-17-7-3-2-6-16(17)24-10-12-25(13-11-24)22(28)18-14-15-20(30-18)23-19-8-4-5-9-26(19)21(15)27;/h2-9,14H,10-13H2,1H3;1H. The lowest BCUT2D eigenvalue weighted by Gasteiger charge is -2.36. The maximum atomic E-state index is 13.1. The number of benzene rings is 1. The van der Waals surface area contributed by atoms with Gasteiger partial charge in [0.05, 0.1) is 23.1 Å². The number of amides is 1. The highest BCUT2D eigenvalue weighted by molar-refractivity contribution is 7.20. The molecule has 1 aliphatic rings. The van der Waals surface area contributed by atoms with Crippen molar-refractivity contribution in [1.29, 1.82) is 0 Å². The van der Waals surface area contributed by atoms with Crippen LogP contribution in [0.1, 0.15) is 9.67 Å². The number of anilines is 1. The van der Waals surface area contributed by atoms with Crippen molar-refractivity contribution in [1.82, 2.24) is 14.3 Å². The molecule has 0 N–H and O–H groups in total. The molecule has 4 aromatic rings. The number of para-hydroxylation sites is 2. The number of hydrogen-bond acceptors (Lipinski definition) is 6. The zero-order chi connectivity index (χ0) is 20.7. The van der Waals surface area contributed by atoms with E-state index in [1.54, 1.807) is 31.5 Å². The minimum absolute atomic E-state index is 0. The maximum Gasteiger partial charge on any atom is 0.266 e. The first kappa shape index (κ1) is 21.1.